The van der Waals surface area contributed by atoms with E-state index in [-0.39, 0.29) is 71.0 Å². The largest absolute Gasteiger partial charge is 0.453 e. The number of carbonyl (C=O) groups excluding carboxylic acids is 4. The van der Waals surface area contributed by atoms with E-state index in [2.05, 4.69) is 32.6 Å². The number of amides is 4. The molecule has 4 amide bonds. The molecular formula is C35H50N6O6. The lowest BCUT2D eigenvalue weighted by Gasteiger charge is -2.48. The molecule has 7 unspecified atom stereocenters. The zero-order valence-electron chi connectivity index (χ0n) is 27.9. The number of ether oxygens (including phenoxy) is 2. The summed E-state index contributed by atoms with van der Waals surface area (Å²) in [5.74, 6) is -0.0473. The van der Waals surface area contributed by atoms with Crippen LogP contribution in [0.1, 0.15) is 77.0 Å². The van der Waals surface area contributed by atoms with Crippen molar-refractivity contribution in [1.29, 1.82) is 0 Å². The molecule has 6 fully saturated rings. The van der Waals surface area contributed by atoms with Gasteiger partial charge in [0.05, 0.1) is 32.2 Å². The Balaban J connectivity index is 0.970. The Kier molecular flexibility index (Phi) is 7.63. The molecule has 8 aliphatic heterocycles. The van der Waals surface area contributed by atoms with Gasteiger partial charge in [0.1, 0.15) is 0 Å². The van der Waals surface area contributed by atoms with Crippen molar-refractivity contribution in [2.24, 2.45) is 16.7 Å². The number of hydrogen-bond donors (Lipinski definition) is 2. The third-order valence-electron chi connectivity index (χ3n) is 13.5. The first kappa shape index (κ1) is 30.9. The van der Waals surface area contributed by atoms with Gasteiger partial charge < -0.3 is 29.9 Å². The molecule has 8 rings (SSSR count). The maximum atomic E-state index is 13.8. The maximum absolute atomic E-state index is 13.8. The van der Waals surface area contributed by atoms with E-state index in [0.717, 1.165) is 96.8 Å². The van der Waals surface area contributed by atoms with Crippen LogP contribution in [0.5, 0.6) is 0 Å². The van der Waals surface area contributed by atoms with Crippen LogP contribution in [0.3, 0.4) is 0 Å². The Morgan fingerprint density at radius 2 is 1.32 bits per heavy atom. The number of likely N-dealkylation sites (tertiary alicyclic amines) is 2. The number of nitrogens with zero attached hydrogens (tertiary/aromatic N) is 4. The fourth-order valence-corrected chi connectivity index (χ4v) is 11.1. The summed E-state index contributed by atoms with van der Waals surface area (Å²) in [6.45, 7) is 4.24. The third kappa shape index (κ3) is 4.98. The summed E-state index contributed by atoms with van der Waals surface area (Å²) in [6, 6.07) is 0.417. The molecule has 4 bridgehead atoms. The van der Waals surface area contributed by atoms with Crippen LogP contribution in [0.25, 0.3) is 0 Å². The second-order valence-electron chi connectivity index (χ2n) is 15.5. The predicted molar refractivity (Wildman–Crippen MR) is 172 cm³/mol. The predicted octanol–water partition coefficient (Wildman–Crippen LogP) is 2.95. The lowest BCUT2D eigenvalue weighted by molar-refractivity contribution is -0.127. The summed E-state index contributed by atoms with van der Waals surface area (Å²) in [4.78, 5) is 60.6. The van der Waals surface area contributed by atoms with Gasteiger partial charge in [-0.15, -0.1) is 0 Å². The molecule has 8 aliphatic rings. The van der Waals surface area contributed by atoms with Gasteiger partial charge in [-0.05, 0) is 69.9 Å². The van der Waals surface area contributed by atoms with E-state index in [1.54, 1.807) is 0 Å². The minimum absolute atomic E-state index is 0.0809. The van der Waals surface area contributed by atoms with Crippen LogP contribution in [-0.2, 0) is 19.1 Å². The second-order valence-corrected chi connectivity index (χ2v) is 15.5. The highest BCUT2D eigenvalue weighted by molar-refractivity contribution is 5.87. The highest BCUT2D eigenvalue weighted by atomic mass is 16.5. The smallest absolute Gasteiger partial charge is 0.410 e. The van der Waals surface area contributed by atoms with Crippen molar-refractivity contribution < 1.29 is 28.7 Å². The quantitative estimate of drug-likeness (QED) is 0.478. The first-order valence-corrected chi connectivity index (χ1v) is 18.0. The average Bonchev–Trinajstić information content (AvgIpc) is 3.67. The topological polar surface area (TPSA) is 124 Å². The molecule has 0 aromatic heterocycles. The molecule has 256 valence electrons. The van der Waals surface area contributed by atoms with Crippen LogP contribution < -0.4 is 10.6 Å². The molecule has 0 saturated carbocycles. The SMILES string of the molecule is COC(=O)N1C2C=C(N3CCCC4(CC3)CC(=O)NC4C3C(=O)NCC34CCN(C3=CC5CCC(C3)N5C(=O)OC)CC4)CC1CC2. The van der Waals surface area contributed by atoms with Crippen LogP contribution in [0.2, 0.25) is 0 Å². The van der Waals surface area contributed by atoms with Gasteiger partial charge in [-0.2, -0.15) is 0 Å². The van der Waals surface area contributed by atoms with Crippen molar-refractivity contribution in [3.63, 3.8) is 0 Å². The first-order valence-electron chi connectivity index (χ1n) is 18.0. The van der Waals surface area contributed by atoms with Crippen LogP contribution in [0.4, 0.5) is 9.59 Å². The van der Waals surface area contributed by atoms with E-state index >= 15 is 0 Å². The standard InChI is InChI=1S/C35H50N6O6/c1-46-32(44)40-22-4-5-23(40)17-26(16-22)38-12-3-8-34(9-13-38)20-28(42)37-30(34)29-31(43)36-21-35(29)10-14-39(15-11-35)27-18-24-6-7-25(19-27)41(24)33(45)47-2/h16,18,22-25,29-30H,3-15,17,19-21H2,1-2H3,(H,36,43)(H,37,42). The molecule has 2 N–H and O–H groups in total. The van der Waals surface area contributed by atoms with Crippen LogP contribution >= 0.6 is 0 Å². The maximum Gasteiger partial charge on any atom is 0.410 e. The normalized spacial score (nSPS) is 37.5. The molecule has 12 heteroatoms. The van der Waals surface area contributed by atoms with E-state index in [0.29, 0.717) is 13.0 Å². The van der Waals surface area contributed by atoms with Crippen LogP contribution in [0.15, 0.2) is 23.5 Å². The van der Waals surface area contributed by atoms with Crippen molar-refractivity contribution in [1.82, 2.24) is 30.2 Å². The number of methoxy groups -OCH3 is 2. The number of fused-ring (bicyclic) bond motifs is 4. The zero-order chi connectivity index (χ0) is 32.5. The molecule has 0 aromatic carbocycles. The van der Waals surface area contributed by atoms with E-state index in [1.807, 2.05) is 9.80 Å². The third-order valence-corrected chi connectivity index (χ3v) is 13.5. The molecule has 12 nitrogen and oxygen atoms in total. The summed E-state index contributed by atoms with van der Waals surface area (Å²) < 4.78 is 10.1. The molecule has 47 heavy (non-hydrogen) atoms. The summed E-state index contributed by atoms with van der Waals surface area (Å²) in [6.07, 6.45) is 14.8. The van der Waals surface area contributed by atoms with E-state index in [9.17, 15) is 19.2 Å². The van der Waals surface area contributed by atoms with E-state index < -0.39 is 0 Å². The van der Waals surface area contributed by atoms with E-state index in [4.69, 9.17) is 9.47 Å². The summed E-state index contributed by atoms with van der Waals surface area (Å²) in [5.41, 5.74) is 2.24. The molecular weight excluding hydrogens is 600 g/mol. The van der Waals surface area contributed by atoms with Crippen molar-refractivity contribution in [3.05, 3.63) is 23.5 Å². The van der Waals surface area contributed by atoms with Gasteiger partial charge >= 0.3 is 12.2 Å². The van der Waals surface area contributed by atoms with Gasteiger partial charge in [0.2, 0.25) is 11.8 Å². The minimum atomic E-state index is -0.239. The fourth-order valence-electron chi connectivity index (χ4n) is 11.1. The average molecular weight is 651 g/mol. The zero-order valence-corrected chi connectivity index (χ0v) is 27.9. The van der Waals surface area contributed by atoms with Crippen LogP contribution in [-0.4, -0.2) is 121 Å². The Hall–Kier alpha value is -3.44. The first-order chi connectivity index (χ1) is 22.7. The van der Waals surface area contributed by atoms with Gasteiger partial charge in [0, 0.05) is 92.3 Å². The Bertz CT molecular complexity index is 1390. The molecule has 0 aromatic rings. The monoisotopic (exact) mass is 650 g/mol. The van der Waals surface area contributed by atoms with Gasteiger partial charge in [0.25, 0.3) is 0 Å². The Morgan fingerprint density at radius 1 is 0.766 bits per heavy atom. The lowest BCUT2D eigenvalue weighted by atomic mass is 9.60. The fraction of sp³-hybridized carbons (Fsp3) is 0.771. The Labute approximate surface area is 277 Å². The number of piperidine rings is 1. The minimum Gasteiger partial charge on any atom is -0.453 e. The number of rotatable bonds is 3. The number of nitrogens with one attached hydrogen (secondary N) is 2. The van der Waals surface area contributed by atoms with Crippen molar-refractivity contribution in [2.75, 3.05) is 46.9 Å². The van der Waals surface area contributed by atoms with Crippen molar-refractivity contribution in [2.45, 2.75) is 107 Å². The van der Waals surface area contributed by atoms with Crippen molar-refractivity contribution in [3.8, 4) is 0 Å². The molecule has 8 heterocycles. The summed E-state index contributed by atoms with van der Waals surface area (Å²) in [5, 5.41) is 6.63. The van der Waals surface area contributed by atoms with Crippen LogP contribution in [0, 0.1) is 16.7 Å². The highest BCUT2D eigenvalue weighted by Gasteiger charge is 2.61. The molecule has 0 aliphatic carbocycles. The molecule has 7 atom stereocenters. The number of hydrogen-bond acceptors (Lipinski definition) is 8. The van der Waals surface area contributed by atoms with E-state index in [1.165, 1.54) is 25.6 Å². The molecule has 2 spiro atoms. The van der Waals surface area contributed by atoms with Gasteiger partial charge in [-0.3, -0.25) is 19.4 Å². The molecule has 0 radical (unpaired) electrons. The Morgan fingerprint density at radius 3 is 1.87 bits per heavy atom. The lowest BCUT2D eigenvalue weighted by Crippen LogP contribution is -2.54. The number of carbonyl (C=O) groups is 4. The molecule has 6 saturated heterocycles. The highest BCUT2D eigenvalue weighted by Crippen LogP contribution is 2.54. The van der Waals surface area contributed by atoms with Gasteiger partial charge in [0.15, 0.2) is 0 Å². The summed E-state index contributed by atoms with van der Waals surface area (Å²) in [7, 11) is 2.92. The second kappa shape index (κ2) is 11.6. The van der Waals surface area contributed by atoms with Gasteiger partial charge in [-0.1, -0.05) is 0 Å². The van der Waals surface area contributed by atoms with Gasteiger partial charge in [-0.25, -0.2) is 9.59 Å². The summed E-state index contributed by atoms with van der Waals surface area (Å²) >= 11 is 0. The van der Waals surface area contributed by atoms with Crippen molar-refractivity contribution >= 4 is 24.0 Å².